The molecule has 3 heterocycles. The summed E-state index contributed by atoms with van der Waals surface area (Å²) in [5.74, 6) is 1.60. The van der Waals surface area contributed by atoms with Crippen molar-refractivity contribution in [1.29, 1.82) is 0 Å². The second-order valence-electron chi connectivity index (χ2n) is 9.45. The molecule has 1 saturated heterocycles. The Kier molecular flexibility index (Phi) is 6.72. The summed E-state index contributed by atoms with van der Waals surface area (Å²) in [5.41, 5.74) is 1.56. The number of piperidine rings is 1. The van der Waals surface area contributed by atoms with Crippen LogP contribution in [0.2, 0.25) is 0 Å². The maximum atomic E-state index is 12.3. The van der Waals surface area contributed by atoms with Gasteiger partial charge in [-0.2, -0.15) is 0 Å². The molecule has 2 unspecified atom stereocenters. The van der Waals surface area contributed by atoms with Gasteiger partial charge >= 0.3 is 6.09 Å². The minimum Gasteiger partial charge on any atom is -0.444 e. The van der Waals surface area contributed by atoms with Crippen LogP contribution < -0.4 is 5.32 Å². The summed E-state index contributed by atoms with van der Waals surface area (Å²) in [6.07, 6.45) is 3.27. The fourth-order valence-electron chi connectivity index (χ4n) is 3.99. The Morgan fingerprint density at radius 1 is 1.38 bits per heavy atom. The van der Waals surface area contributed by atoms with Crippen LogP contribution in [0.5, 0.6) is 0 Å². The molecule has 0 radical (unpaired) electrons. The van der Waals surface area contributed by atoms with E-state index in [1.54, 1.807) is 0 Å². The molecule has 1 aliphatic rings. The molecule has 8 heteroatoms. The number of amides is 1. The summed E-state index contributed by atoms with van der Waals surface area (Å²) in [7, 11) is 2.10. The highest BCUT2D eigenvalue weighted by molar-refractivity contribution is 14.1. The quantitative estimate of drug-likeness (QED) is 0.495. The van der Waals surface area contributed by atoms with Crippen LogP contribution in [0, 0.1) is 9.62 Å². The van der Waals surface area contributed by atoms with E-state index in [2.05, 4.69) is 69.3 Å². The Balaban J connectivity index is 1.89. The summed E-state index contributed by atoms with van der Waals surface area (Å²) in [5, 5.41) is 3.07. The third kappa shape index (κ3) is 5.81. The molecule has 0 bridgehead atoms. The number of hydrogen-bond donors (Lipinski definition) is 1. The molecule has 1 amide bonds. The molecule has 2 atom stereocenters. The van der Waals surface area contributed by atoms with E-state index in [0.717, 1.165) is 46.5 Å². The first-order chi connectivity index (χ1) is 13.5. The van der Waals surface area contributed by atoms with Gasteiger partial charge in [0.15, 0.2) is 0 Å². The van der Waals surface area contributed by atoms with Gasteiger partial charge in [0.2, 0.25) is 0 Å². The number of hydrogen-bond acceptors (Lipinski definition) is 5. The van der Waals surface area contributed by atoms with Gasteiger partial charge in [0, 0.05) is 25.6 Å². The van der Waals surface area contributed by atoms with Crippen LogP contribution in [0.15, 0.2) is 12.3 Å². The zero-order valence-electron chi connectivity index (χ0n) is 18.2. The molecule has 1 N–H and O–H groups in total. The smallest absolute Gasteiger partial charge is 0.407 e. The lowest BCUT2D eigenvalue weighted by Crippen LogP contribution is -2.51. The molecule has 29 heavy (non-hydrogen) atoms. The lowest BCUT2D eigenvalue weighted by Gasteiger charge is -2.37. The molecule has 1 aliphatic heterocycles. The summed E-state index contributed by atoms with van der Waals surface area (Å²) in [6, 6.07) is 2.36. The number of likely N-dealkylation sites (tertiary alicyclic amines) is 1. The summed E-state index contributed by atoms with van der Waals surface area (Å²) >= 11 is 2.25. The summed E-state index contributed by atoms with van der Waals surface area (Å²) in [4.78, 5) is 23.9. The van der Waals surface area contributed by atoms with Gasteiger partial charge in [0.05, 0.1) is 17.8 Å². The number of halogens is 1. The van der Waals surface area contributed by atoms with Gasteiger partial charge in [-0.05, 0) is 68.8 Å². The van der Waals surface area contributed by atoms with Gasteiger partial charge in [0.1, 0.15) is 20.6 Å². The number of nitrogens with zero attached hydrogens (tertiary/aromatic N) is 4. The highest BCUT2D eigenvalue weighted by Gasteiger charge is 2.31. The monoisotopic (exact) mass is 513 g/mol. The molecule has 1 fully saturated rings. The Hall–Kier alpha value is -1.42. The summed E-state index contributed by atoms with van der Waals surface area (Å²) in [6.45, 7) is 11.8. The SMILES string of the molecule is CC(C)Cc1nc2cnc(I)cc2n1C1CC(NC(=O)OC(C)(C)C)CN(C)C1. The van der Waals surface area contributed by atoms with Gasteiger partial charge in [-0.3, -0.25) is 0 Å². The number of fused-ring (bicyclic) bond motifs is 1. The van der Waals surface area contributed by atoms with Crippen molar-refractivity contribution in [2.45, 2.75) is 65.1 Å². The number of likely N-dealkylation sites (N-methyl/N-ethyl adjacent to an activating group) is 1. The molecule has 7 nitrogen and oxygen atoms in total. The highest BCUT2D eigenvalue weighted by Crippen LogP contribution is 2.29. The number of aromatic nitrogens is 3. The number of alkyl carbamates (subject to hydrolysis) is 1. The van der Waals surface area contributed by atoms with Crippen LogP contribution in [0.25, 0.3) is 11.0 Å². The van der Waals surface area contributed by atoms with Gasteiger partial charge in [-0.15, -0.1) is 0 Å². The second-order valence-corrected chi connectivity index (χ2v) is 10.6. The van der Waals surface area contributed by atoms with E-state index < -0.39 is 5.60 Å². The van der Waals surface area contributed by atoms with Crippen molar-refractivity contribution in [3.63, 3.8) is 0 Å². The number of imidazole rings is 1. The van der Waals surface area contributed by atoms with E-state index in [4.69, 9.17) is 9.72 Å². The topological polar surface area (TPSA) is 72.3 Å². The van der Waals surface area contributed by atoms with Crippen LogP contribution in [-0.4, -0.2) is 57.3 Å². The molecule has 2 aromatic rings. The highest BCUT2D eigenvalue weighted by atomic mass is 127. The third-order valence-corrected chi connectivity index (χ3v) is 5.49. The predicted molar refractivity (Wildman–Crippen MR) is 123 cm³/mol. The average Bonchev–Trinajstić information content (AvgIpc) is 2.88. The average molecular weight is 513 g/mol. The first-order valence-corrected chi connectivity index (χ1v) is 11.3. The van der Waals surface area contributed by atoms with Gasteiger partial charge in [-0.1, -0.05) is 13.8 Å². The largest absolute Gasteiger partial charge is 0.444 e. The number of carbonyl (C=O) groups is 1. The van der Waals surface area contributed by atoms with Crippen LogP contribution in [0.3, 0.4) is 0 Å². The number of pyridine rings is 1. The fraction of sp³-hybridized carbons (Fsp3) is 0.667. The minimum atomic E-state index is -0.501. The van der Waals surface area contributed by atoms with E-state index in [1.807, 2.05) is 27.0 Å². The first kappa shape index (κ1) is 22.3. The van der Waals surface area contributed by atoms with Crippen molar-refractivity contribution in [3.05, 3.63) is 21.8 Å². The molecule has 0 aliphatic carbocycles. The maximum absolute atomic E-state index is 12.3. The Labute approximate surface area is 186 Å². The molecule has 0 spiro atoms. The molecule has 0 aromatic carbocycles. The lowest BCUT2D eigenvalue weighted by atomic mass is 10.00. The molecular formula is C21H32IN5O2. The van der Waals surface area contributed by atoms with Gasteiger partial charge < -0.3 is 19.5 Å². The fourth-order valence-corrected chi connectivity index (χ4v) is 4.43. The number of carbonyl (C=O) groups excluding carboxylic acids is 1. The van der Waals surface area contributed by atoms with Gasteiger partial charge in [0.25, 0.3) is 0 Å². The van der Waals surface area contributed by atoms with Crippen molar-refractivity contribution in [1.82, 2.24) is 24.8 Å². The lowest BCUT2D eigenvalue weighted by molar-refractivity contribution is 0.0463. The molecule has 2 aromatic heterocycles. The van der Waals surface area contributed by atoms with Crippen LogP contribution in [0.4, 0.5) is 4.79 Å². The summed E-state index contributed by atoms with van der Waals surface area (Å²) < 4.78 is 8.80. The Morgan fingerprint density at radius 2 is 2.10 bits per heavy atom. The molecule has 3 rings (SSSR count). The first-order valence-electron chi connectivity index (χ1n) is 10.2. The normalized spacial score (nSPS) is 21.0. The third-order valence-electron chi connectivity index (χ3n) is 4.90. The van der Waals surface area contributed by atoms with Gasteiger partial charge in [-0.25, -0.2) is 14.8 Å². The molecule has 160 valence electrons. The van der Waals surface area contributed by atoms with Crippen molar-refractivity contribution in [2.75, 3.05) is 20.1 Å². The van der Waals surface area contributed by atoms with Crippen molar-refractivity contribution >= 4 is 39.7 Å². The second kappa shape index (κ2) is 8.75. The van der Waals surface area contributed by atoms with E-state index in [9.17, 15) is 4.79 Å². The number of nitrogens with one attached hydrogen (secondary N) is 1. The van der Waals surface area contributed by atoms with E-state index >= 15 is 0 Å². The van der Waals surface area contributed by atoms with E-state index in [0.29, 0.717) is 5.92 Å². The van der Waals surface area contributed by atoms with E-state index in [1.165, 1.54) is 0 Å². The zero-order chi connectivity index (χ0) is 21.3. The van der Waals surface area contributed by atoms with E-state index in [-0.39, 0.29) is 18.2 Å². The van der Waals surface area contributed by atoms with Crippen molar-refractivity contribution < 1.29 is 9.53 Å². The van der Waals surface area contributed by atoms with Crippen molar-refractivity contribution in [3.8, 4) is 0 Å². The predicted octanol–water partition coefficient (Wildman–Crippen LogP) is 4.00. The van der Waals surface area contributed by atoms with Crippen LogP contribution in [0.1, 0.15) is 52.9 Å². The molecular weight excluding hydrogens is 481 g/mol. The standard InChI is InChI=1S/C21H32IN5O2/c1-13(2)7-19-25-16-10-23-18(22)9-17(16)27(19)15-8-14(11-26(6)12-15)24-20(28)29-21(3,4)5/h9-10,13-15H,7-8,11-12H2,1-6H3,(H,24,28). The van der Waals surface area contributed by atoms with Crippen LogP contribution in [-0.2, 0) is 11.2 Å². The van der Waals surface area contributed by atoms with Crippen molar-refractivity contribution in [2.24, 2.45) is 5.92 Å². The Bertz CT molecular complexity index is 874. The Morgan fingerprint density at radius 3 is 2.76 bits per heavy atom. The van der Waals surface area contributed by atoms with Crippen LogP contribution >= 0.6 is 22.6 Å². The molecule has 0 saturated carbocycles. The zero-order valence-corrected chi connectivity index (χ0v) is 20.4. The minimum absolute atomic E-state index is 0.0267. The number of ether oxygens (including phenoxy) is 1. The number of rotatable bonds is 4. The maximum Gasteiger partial charge on any atom is 0.407 e.